The molecule has 26 heavy (non-hydrogen) atoms. The molecule has 0 unspecified atom stereocenters. The number of nitrogens with one attached hydrogen (secondary N) is 2. The van der Waals surface area contributed by atoms with Gasteiger partial charge in [-0.3, -0.25) is 9.59 Å². The zero-order chi connectivity index (χ0) is 19.1. The number of carbonyl (C=O) groups excluding carboxylic acids is 2. The number of rotatable bonds is 7. The molecular formula is C21H25ClN2O2. The molecule has 0 saturated carbocycles. The molecule has 2 aromatic rings. The van der Waals surface area contributed by atoms with Crippen LogP contribution < -0.4 is 10.6 Å². The third-order valence-corrected chi connectivity index (χ3v) is 4.50. The average molecular weight is 373 g/mol. The smallest absolute Gasteiger partial charge is 0.252 e. The Kier molecular flexibility index (Phi) is 7.22. The number of hydrogen-bond donors (Lipinski definition) is 2. The van der Waals surface area contributed by atoms with E-state index in [-0.39, 0.29) is 17.7 Å². The standard InChI is InChI=1S/C21H25ClN2O2/c1-14(2)12-19(24-20(25)17-10-6-4-8-15(17)3)21(26)23-13-16-9-5-7-11-18(16)22/h4-11,14,19H,12-13H2,1-3H3,(H,23,26)(H,24,25)/t19-/m1/s1. The van der Waals surface area contributed by atoms with E-state index >= 15 is 0 Å². The molecule has 0 fully saturated rings. The fourth-order valence-electron chi connectivity index (χ4n) is 2.71. The molecule has 4 nitrogen and oxygen atoms in total. The van der Waals surface area contributed by atoms with Crippen LogP contribution in [0.2, 0.25) is 5.02 Å². The topological polar surface area (TPSA) is 58.2 Å². The Morgan fingerprint density at radius 1 is 1.04 bits per heavy atom. The second-order valence-corrected chi connectivity index (χ2v) is 7.19. The van der Waals surface area contributed by atoms with Crippen LogP contribution in [0.25, 0.3) is 0 Å². The molecule has 0 heterocycles. The lowest BCUT2D eigenvalue weighted by Gasteiger charge is -2.21. The Bertz CT molecular complexity index is 774. The summed E-state index contributed by atoms with van der Waals surface area (Å²) < 4.78 is 0. The second-order valence-electron chi connectivity index (χ2n) is 6.78. The summed E-state index contributed by atoms with van der Waals surface area (Å²) in [7, 11) is 0. The van der Waals surface area contributed by atoms with Gasteiger partial charge in [0.05, 0.1) is 0 Å². The summed E-state index contributed by atoms with van der Waals surface area (Å²) in [4.78, 5) is 25.2. The Labute approximate surface area is 159 Å². The van der Waals surface area contributed by atoms with Crippen molar-refractivity contribution in [2.24, 2.45) is 5.92 Å². The predicted octanol–water partition coefficient (Wildman–Crippen LogP) is 4.11. The van der Waals surface area contributed by atoms with E-state index in [1.54, 1.807) is 12.1 Å². The summed E-state index contributed by atoms with van der Waals surface area (Å²) in [6.45, 7) is 6.25. The minimum absolute atomic E-state index is 0.208. The molecule has 0 aromatic heterocycles. The van der Waals surface area contributed by atoms with Gasteiger partial charge in [0.15, 0.2) is 0 Å². The first-order valence-electron chi connectivity index (χ1n) is 8.76. The SMILES string of the molecule is Cc1ccccc1C(=O)N[C@H](CC(C)C)C(=O)NCc1ccccc1Cl. The van der Waals surface area contributed by atoms with Gasteiger partial charge >= 0.3 is 0 Å². The van der Waals surface area contributed by atoms with Crippen LogP contribution >= 0.6 is 11.6 Å². The maximum absolute atomic E-state index is 12.6. The predicted molar refractivity (Wildman–Crippen MR) is 105 cm³/mol. The van der Waals surface area contributed by atoms with E-state index < -0.39 is 6.04 Å². The molecule has 2 aromatic carbocycles. The monoisotopic (exact) mass is 372 g/mol. The van der Waals surface area contributed by atoms with Crippen LogP contribution in [0.3, 0.4) is 0 Å². The lowest BCUT2D eigenvalue weighted by molar-refractivity contribution is -0.123. The number of carbonyl (C=O) groups is 2. The number of hydrogen-bond acceptors (Lipinski definition) is 2. The molecule has 0 radical (unpaired) electrons. The van der Waals surface area contributed by atoms with Gasteiger partial charge in [-0.2, -0.15) is 0 Å². The molecule has 0 spiro atoms. The quantitative estimate of drug-likeness (QED) is 0.768. The van der Waals surface area contributed by atoms with Gasteiger partial charge in [-0.1, -0.05) is 61.8 Å². The minimum Gasteiger partial charge on any atom is -0.350 e. The highest BCUT2D eigenvalue weighted by molar-refractivity contribution is 6.31. The molecule has 2 N–H and O–H groups in total. The maximum Gasteiger partial charge on any atom is 0.252 e. The number of amides is 2. The first kappa shape index (κ1) is 20.0. The molecule has 0 aliphatic heterocycles. The third-order valence-electron chi connectivity index (χ3n) is 4.13. The van der Waals surface area contributed by atoms with Gasteiger partial charge in [0.1, 0.15) is 6.04 Å². The Morgan fingerprint density at radius 2 is 1.69 bits per heavy atom. The van der Waals surface area contributed by atoms with Crippen LogP contribution in [0.1, 0.15) is 41.8 Å². The molecule has 0 saturated heterocycles. The Hall–Kier alpha value is -2.33. The largest absolute Gasteiger partial charge is 0.350 e. The molecule has 2 amide bonds. The van der Waals surface area contributed by atoms with E-state index in [1.165, 1.54) is 0 Å². The van der Waals surface area contributed by atoms with Crippen LogP contribution in [-0.2, 0) is 11.3 Å². The zero-order valence-corrected chi connectivity index (χ0v) is 16.1. The van der Waals surface area contributed by atoms with Crippen molar-refractivity contribution in [3.63, 3.8) is 0 Å². The summed E-state index contributed by atoms with van der Waals surface area (Å²) in [6.07, 6.45) is 0.561. The maximum atomic E-state index is 12.6. The van der Waals surface area contributed by atoms with Crippen LogP contribution in [0.5, 0.6) is 0 Å². The van der Waals surface area contributed by atoms with Crippen molar-refractivity contribution >= 4 is 23.4 Å². The minimum atomic E-state index is -0.593. The fourth-order valence-corrected chi connectivity index (χ4v) is 2.92. The van der Waals surface area contributed by atoms with E-state index in [4.69, 9.17) is 11.6 Å². The second kappa shape index (κ2) is 9.39. The van der Waals surface area contributed by atoms with Crippen LogP contribution in [0.4, 0.5) is 0 Å². The van der Waals surface area contributed by atoms with Gasteiger partial charge in [-0.05, 0) is 42.5 Å². The summed E-state index contributed by atoms with van der Waals surface area (Å²) in [6, 6.07) is 14.1. The van der Waals surface area contributed by atoms with Gasteiger partial charge < -0.3 is 10.6 Å². The van der Waals surface area contributed by atoms with E-state index in [1.807, 2.05) is 57.2 Å². The highest BCUT2D eigenvalue weighted by Crippen LogP contribution is 2.15. The normalized spacial score (nSPS) is 11.9. The van der Waals surface area contributed by atoms with Gasteiger partial charge in [-0.25, -0.2) is 0 Å². The number of halogens is 1. The lowest BCUT2D eigenvalue weighted by atomic mass is 10.0. The number of benzene rings is 2. The Morgan fingerprint density at radius 3 is 2.35 bits per heavy atom. The summed E-state index contributed by atoms with van der Waals surface area (Å²) in [5.74, 6) is -0.176. The van der Waals surface area contributed by atoms with Crippen molar-refractivity contribution in [1.82, 2.24) is 10.6 Å². The third kappa shape index (κ3) is 5.60. The molecule has 0 bridgehead atoms. The van der Waals surface area contributed by atoms with Crippen molar-refractivity contribution < 1.29 is 9.59 Å². The average Bonchev–Trinajstić information content (AvgIpc) is 2.60. The summed E-state index contributed by atoms with van der Waals surface area (Å²) in [5, 5.41) is 6.36. The van der Waals surface area contributed by atoms with E-state index in [0.29, 0.717) is 23.6 Å². The highest BCUT2D eigenvalue weighted by Gasteiger charge is 2.23. The van der Waals surface area contributed by atoms with Gasteiger partial charge in [-0.15, -0.1) is 0 Å². The molecular weight excluding hydrogens is 348 g/mol. The van der Waals surface area contributed by atoms with Crippen molar-refractivity contribution in [3.8, 4) is 0 Å². The first-order valence-corrected chi connectivity index (χ1v) is 9.14. The van der Waals surface area contributed by atoms with E-state index in [2.05, 4.69) is 10.6 Å². The summed E-state index contributed by atoms with van der Waals surface area (Å²) >= 11 is 6.13. The molecule has 2 rings (SSSR count). The van der Waals surface area contributed by atoms with Crippen molar-refractivity contribution in [2.45, 2.75) is 39.8 Å². The van der Waals surface area contributed by atoms with Crippen LogP contribution in [0, 0.1) is 12.8 Å². The first-order chi connectivity index (χ1) is 12.4. The van der Waals surface area contributed by atoms with Crippen LogP contribution in [-0.4, -0.2) is 17.9 Å². The molecule has 1 atom stereocenters. The highest BCUT2D eigenvalue weighted by atomic mass is 35.5. The van der Waals surface area contributed by atoms with Gasteiger partial charge in [0.25, 0.3) is 5.91 Å². The van der Waals surface area contributed by atoms with Gasteiger partial charge in [0.2, 0.25) is 5.91 Å². The van der Waals surface area contributed by atoms with Crippen molar-refractivity contribution in [2.75, 3.05) is 0 Å². The molecule has 0 aliphatic carbocycles. The molecule has 0 aliphatic rings. The Balaban J connectivity index is 2.06. The summed E-state index contributed by atoms with van der Waals surface area (Å²) in [5.41, 5.74) is 2.31. The molecule has 5 heteroatoms. The fraction of sp³-hybridized carbons (Fsp3) is 0.333. The number of aryl methyl sites for hydroxylation is 1. The zero-order valence-electron chi connectivity index (χ0n) is 15.4. The van der Waals surface area contributed by atoms with Crippen LogP contribution in [0.15, 0.2) is 48.5 Å². The van der Waals surface area contributed by atoms with E-state index in [9.17, 15) is 9.59 Å². The van der Waals surface area contributed by atoms with Crippen molar-refractivity contribution in [1.29, 1.82) is 0 Å². The molecule has 138 valence electrons. The van der Waals surface area contributed by atoms with Crippen molar-refractivity contribution in [3.05, 3.63) is 70.2 Å². The van der Waals surface area contributed by atoms with Gasteiger partial charge in [0, 0.05) is 17.1 Å². The van der Waals surface area contributed by atoms with E-state index in [0.717, 1.165) is 11.1 Å². The lowest BCUT2D eigenvalue weighted by Crippen LogP contribution is -2.47.